The first kappa shape index (κ1) is 15.2. The normalized spacial score (nSPS) is 12.5. The Labute approximate surface area is 138 Å². The predicted molar refractivity (Wildman–Crippen MR) is 89.5 cm³/mol. The molecule has 0 aliphatic heterocycles. The number of hydrogen-bond donors (Lipinski definition) is 1. The highest BCUT2D eigenvalue weighted by molar-refractivity contribution is 9.11. The number of halogens is 3. The molecule has 0 heterocycles. The molecule has 0 aromatic heterocycles. The number of hydrogen-bond acceptors (Lipinski definition) is 1. The largest absolute Gasteiger partial charge is 0.384 e. The van der Waals surface area contributed by atoms with Crippen LogP contribution in [0.15, 0.2) is 43.7 Å². The van der Waals surface area contributed by atoms with E-state index < -0.39 is 6.10 Å². The fourth-order valence-corrected chi connectivity index (χ4v) is 3.64. The maximum Gasteiger partial charge on any atom is 0.106 e. The van der Waals surface area contributed by atoms with Gasteiger partial charge in [-0.05, 0) is 48.7 Å². The van der Waals surface area contributed by atoms with Gasteiger partial charge in [0, 0.05) is 19.0 Å². The third kappa shape index (κ3) is 3.30. The molecule has 0 aliphatic rings. The minimum Gasteiger partial charge on any atom is -0.384 e. The molecule has 19 heavy (non-hydrogen) atoms. The summed E-state index contributed by atoms with van der Waals surface area (Å²) >= 11 is 10.5. The minimum atomic E-state index is -0.666. The first-order chi connectivity index (χ1) is 8.90. The first-order valence-corrected chi connectivity index (χ1v) is 8.17. The number of aliphatic hydroxyl groups is 1. The zero-order valence-electron chi connectivity index (χ0n) is 10.5. The average molecular weight is 449 g/mol. The van der Waals surface area contributed by atoms with E-state index in [9.17, 15) is 5.11 Å². The van der Waals surface area contributed by atoms with Crippen molar-refractivity contribution in [2.75, 3.05) is 0 Å². The van der Waals surface area contributed by atoms with E-state index in [-0.39, 0.29) is 0 Å². The third-order valence-electron chi connectivity index (χ3n) is 3.02. The highest BCUT2D eigenvalue weighted by Gasteiger charge is 2.17. The molecule has 0 radical (unpaired) electrons. The molecule has 0 saturated carbocycles. The van der Waals surface area contributed by atoms with Crippen molar-refractivity contribution in [2.45, 2.75) is 20.0 Å². The van der Waals surface area contributed by atoms with E-state index in [1.807, 2.05) is 44.2 Å². The van der Waals surface area contributed by atoms with Crippen LogP contribution < -0.4 is 0 Å². The van der Waals surface area contributed by atoms with Crippen LogP contribution in [0.25, 0.3) is 0 Å². The van der Waals surface area contributed by atoms with Crippen LogP contribution in [0.3, 0.4) is 0 Å². The first-order valence-electron chi connectivity index (χ1n) is 5.80. The quantitative estimate of drug-likeness (QED) is 0.627. The lowest BCUT2D eigenvalue weighted by atomic mass is 10.00. The van der Waals surface area contributed by atoms with E-state index in [2.05, 4.69) is 47.8 Å². The van der Waals surface area contributed by atoms with E-state index >= 15 is 0 Å². The van der Waals surface area contributed by atoms with Crippen LogP contribution in [0.2, 0.25) is 0 Å². The van der Waals surface area contributed by atoms with Gasteiger partial charge in [0.2, 0.25) is 0 Å². The number of benzene rings is 2. The van der Waals surface area contributed by atoms with Crippen LogP contribution in [-0.4, -0.2) is 5.11 Å². The summed E-state index contributed by atoms with van der Waals surface area (Å²) in [5.74, 6) is 0. The molecule has 0 spiro atoms. The molecule has 1 N–H and O–H groups in total. The Kier molecular flexibility index (Phi) is 4.88. The highest BCUT2D eigenvalue weighted by atomic mass is 79.9. The summed E-state index contributed by atoms with van der Waals surface area (Å²) in [6, 6.07) is 9.92. The summed E-state index contributed by atoms with van der Waals surface area (Å²) in [5.41, 5.74) is 4.00. The molecule has 100 valence electrons. The second kappa shape index (κ2) is 6.08. The Morgan fingerprint density at radius 3 is 2.11 bits per heavy atom. The van der Waals surface area contributed by atoms with E-state index in [4.69, 9.17) is 0 Å². The van der Waals surface area contributed by atoms with Gasteiger partial charge in [-0.3, -0.25) is 0 Å². The number of aryl methyl sites for hydroxylation is 2. The van der Waals surface area contributed by atoms with E-state index in [1.165, 1.54) is 0 Å². The molecule has 1 unspecified atom stereocenters. The van der Waals surface area contributed by atoms with Crippen molar-refractivity contribution >= 4 is 47.8 Å². The fraction of sp³-hybridized carbons (Fsp3) is 0.200. The Balaban J connectivity index is 2.49. The minimum absolute atomic E-state index is 0.666. The molecule has 0 amide bonds. The maximum absolute atomic E-state index is 10.6. The van der Waals surface area contributed by atoms with Crippen LogP contribution in [-0.2, 0) is 0 Å². The fourth-order valence-electron chi connectivity index (χ4n) is 1.89. The molecule has 2 rings (SSSR count). The van der Waals surface area contributed by atoms with Crippen molar-refractivity contribution in [1.29, 1.82) is 0 Å². The highest BCUT2D eigenvalue weighted by Crippen LogP contribution is 2.35. The van der Waals surface area contributed by atoms with Gasteiger partial charge in [-0.1, -0.05) is 59.9 Å². The Bertz CT molecular complexity index is 623. The van der Waals surface area contributed by atoms with Gasteiger partial charge < -0.3 is 5.11 Å². The van der Waals surface area contributed by atoms with Gasteiger partial charge in [0.25, 0.3) is 0 Å². The molecule has 1 nitrogen and oxygen atoms in total. The van der Waals surface area contributed by atoms with Crippen molar-refractivity contribution < 1.29 is 5.11 Å². The van der Waals surface area contributed by atoms with Gasteiger partial charge in [0.05, 0.1) is 0 Å². The standard InChI is InChI=1S/C15H13Br3O/c1-8-3-4-10(13(17)5-8)15(19)11-7-12(16)9(2)6-14(11)18/h3-7,15,19H,1-2H3. The van der Waals surface area contributed by atoms with Crippen molar-refractivity contribution in [3.05, 3.63) is 66.0 Å². The summed E-state index contributed by atoms with van der Waals surface area (Å²) in [6.45, 7) is 4.05. The lowest BCUT2D eigenvalue weighted by Crippen LogP contribution is -2.02. The lowest BCUT2D eigenvalue weighted by molar-refractivity contribution is 0.218. The smallest absolute Gasteiger partial charge is 0.106 e. The Morgan fingerprint density at radius 1 is 0.842 bits per heavy atom. The number of aliphatic hydroxyl groups excluding tert-OH is 1. The molecular formula is C15H13Br3O. The topological polar surface area (TPSA) is 20.2 Å². The summed E-state index contributed by atoms with van der Waals surface area (Å²) < 4.78 is 2.82. The summed E-state index contributed by atoms with van der Waals surface area (Å²) in [7, 11) is 0. The summed E-state index contributed by atoms with van der Waals surface area (Å²) in [4.78, 5) is 0. The second-order valence-corrected chi connectivity index (χ2v) is 7.11. The van der Waals surface area contributed by atoms with Crippen molar-refractivity contribution in [2.24, 2.45) is 0 Å². The van der Waals surface area contributed by atoms with Crippen LogP contribution in [0.5, 0.6) is 0 Å². The van der Waals surface area contributed by atoms with E-state index in [1.54, 1.807) is 0 Å². The van der Waals surface area contributed by atoms with Crippen LogP contribution >= 0.6 is 47.8 Å². The monoisotopic (exact) mass is 446 g/mol. The molecule has 0 bridgehead atoms. The SMILES string of the molecule is Cc1ccc(C(O)c2cc(Br)c(C)cc2Br)c(Br)c1. The van der Waals surface area contributed by atoms with Crippen molar-refractivity contribution in [3.63, 3.8) is 0 Å². The van der Waals surface area contributed by atoms with Crippen LogP contribution in [0.4, 0.5) is 0 Å². The van der Waals surface area contributed by atoms with Gasteiger partial charge in [-0.15, -0.1) is 0 Å². The maximum atomic E-state index is 10.6. The predicted octanol–water partition coefficient (Wildman–Crippen LogP) is 5.67. The average Bonchev–Trinajstić information content (AvgIpc) is 2.33. The number of rotatable bonds is 2. The van der Waals surface area contributed by atoms with Crippen molar-refractivity contribution in [1.82, 2.24) is 0 Å². The van der Waals surface area contributed by atoms with Gasteiger partial charge in [0.15, 0.2) is 0 Å². The molecule has 2 aromatic rings. The molecule has 2 aromatic carbocycles. The van der Waals surface area contributed by atoms with E-state index in [0.29, 0.717) is 0 Å². The summed E-state index contributed by atoms with van der Waals surface area (Å²) in [5, 5.41) is 10.6. The molecule has 0 aliphatic carbocycles. The van der Waals surface area contributed by atoms with Crippen LogP contribution in [0, 0.1) is 13.8 Å². The Hall–Kier alpha value is -0.160. The zero-order chi connectivity index (χ0) is 14.2. The molecule has 0 fully saturated rings. The molecule has 4 heteroatoms. The molecule has 0 saturated heterocycles. The molecule has 1 atom stereocenters. The second-order valence-electron chi connectivity index (χ2n) is 4.55. The van der Waals surface area contributed by atoms with Crippen LogP contribution in [0.1, 0.15) is 28.4 Å². The lowest BCUT2D eigenvalue weighted by Gasteiger charge is -2.16. The van der Waals surface area contributed by atoms with Gasteiger partial charge >= 0.3 is 0 Å². The third-order valence-corrected chi connectivity index (χ3v) is 5.25. The van der Waals surface area contributed by atoms with Gasteiger partial charge in [-0.2, -0.15) is 0 Å². The zero-order valence-corrected chi connectivity index (χ0v) is 15.3. The van der Waals surface area contributed by atoms with Gasteiger partial charge in [0.1, 0.15) is 6.10 Å². The van der Waals surface area contributed by atoms with E-state index in [0.717, 1.165) is 35.7 Å². The molecular weight excluding hydrogens is 436 g/mol. The summed E-state index contributed by atoms with van der Waals surface area (Å²) in [6.07, 6.45) is -0.666. The van der Waals surface area contributed by atoms with Crippen molar-refractivity contribution in [3.8, 4) is 0 Å². The Morgan fingerprint density at radius 2 is 1.47 bits per heavy atom. The van der Waals surface area contributed by atoms with Gasteiger partial charge in [-0.25, -0.2) is 0 Å².